The molecule has 0 bridgehead atoms. The molecule has 2 aromatic carbocycles. The van der Waals surface area contributed by atoms with Gasteiger partial charge in [-0.15, -0.1) is 0 Å². The van der Waals surface area contributed by atoms with Crippen LogP contribution in [0.5, 0.6) is 5.75 Å². The fourth-order valence-electron chi connectivity index (χ4n) is 3.46. The first-order valence-electron chi connectivity index (χ1n) is 11.4. The molecule has 0 radical (unpaired) electrons. The molecular formula is C26H34ClNO4. The molecular weight excluding hydrogens is 426 g/mol. The second-order valence-corrected chi connectivity index (χ2v) is 9.39. The predicted molar refractivity (Wildman–Crippen MR) is 129 cm³/mol. The third-order valence-corrected chi connectivity index (χ3v) is 5.74. The molecule has 1 saturated heterocycles. The van der Waals surface area contributed by atoms with Crippen molar-refractivity contribution >= 4 is 17.5 Å². The number of carbonyl (C=O) groups excluding carboxylic acids is 1. The molecule has 1 fully saturated rings. The van der Waals surface area contributed by atoms with Gasteiger partial charge in [0, 0.05) is 30.7 Å². The average molecular weight is 460 g/mol. The lowest BCUT2D eigenvalue weighted by molar-refractivity contribution is 0.0303. The Labute approximate surface area is 196 Å². The van der Waals surface area contributed by atoms with Crippen LogP contribution in [-0.2, 0) is 9.47 Å². The average Bonchev–Trinajstić information content (AvgIpc) is 2.81. The number of hydrogen-bond donors (Lipinski definition) is 0. The minimum Gasteiger partial charge on any atom is -0.491 e. The van der Waals surface area contributed by atoms with Crippen molar-refractivity contribution in [3.8, 4) is 16.9 Å². The van der Waals surface area contributed by atoms with Crippen molar-refractivity contribution in [3.63, 3.8) is 0 Å². The van der Waals surface area contributed by atoms with Gasteiger partial charge in [-0.25, -0.2) is 0 Å². The zero-order valence-corrected chi connectivity index (χ0v) is 20.1. The van der Waals surface area contributed by atoms with Gasteiger partial charge in [0.1, 0.15) is 5.75 Å². The highest BCUT2D eigenvalue weighted by atomic mass is 35.5. The SMILES string of the molecule is CCCCOCC(C)(C)COc1ccc(-c2ccc(C(=O)N3CCOCC3)cc2)cc1Cl. The molecule has 0 atom stereocenters. The van der Waals surface area contributed by atoms with Crippen molar-refractivity contribution in [3.05, 3.63) is 53.1 Å². The number of halogens is 1. The quantitative estimate of drug-likeness (QED) is 0.427. The minimum absolute atomic E-state index is 0.0444. The van der Waals surface area contributed by atoms with E-state index in [4.69, 9.17) is 25.8 Å². The standard InChI is InChI=1S/C26H34ClNO4/c1-4-5-14-31-18-26(2,3)19-32-24-11-10-22(17-23(24)27)20-6-8-21(9-7-20)25(29)28-12-15-30-16-13-28/h6-11,17H,4-5,12-16,18-19H2,1-3H3. The summed E-state index contributed by atoms with van der Waals surface area (Å²) >= 11 is 6.51. The summed E-state index contributed by atoms with van der Waals surface area (Å²) in [5.74, 6) is 0.707. The van der Waals surface area contributed by atoms with Crippen molar-refractivity contribution in [1.82, 2.24) is 4.90 Å². The Balaban J connectivity index is 1.59. The van der Waals surface area contributed by atoms with Crippen molar-refractivity contribution < 1.29 is 19.0 Å². The predicted octanol–water partition coefficient (Wildman–Crippen LogP) is 5.70. The fraction of sp³-hybridized carbons (Fsp3) is 0.500. The normalized spacial score (nSPS) is 14.4. The Morgan fingerprint density at radius 3 is 2.41 bits per heavy atom. The van der Waals surface area contributed by atoms with E-state index >= 15 is 0 Å². The lowest BCUT2D eigenvalue weighted by Gasteiger charge is -2.26. The van der Waals surface area contributed by atoms with Crippen LogP contribution in [0.2, 0.25) is 5.02 Å². The van der Waals surface area contributed by atoms with Gasteiger partial charge in [-0.3, -0.25) is 4.79 Å². The number of unbranched alkanes of at least 4 members (excludes halogenated alkanes) is 1. The van der Waals surface area contributed by atoms with Gasteiger partial charge < -0.3 is 19.1 Å². The summed E-state index contributed by atoms with van der Waals surface area (Å²) in [6.07, 6.45) is 2.21. The first kappa shape index (κ1) is 24.6. The lowest BCUT2D eigenvalue weighted by Crippen LogP contribution is -2.40. The van der Waals surface area contributed by atoms with E-state index in [-0.39, 0.29) is 11.3 Å². The molecule has 32 heavy (non-hydrogen) atoms. The first-order chi connectivity index (χ1) is 15.4. The van der Waals surface area contributed by atoms with Crippen LogP contribution in [0.25, 0.3) is 11.1 Å². The Kier molecular flexibility index (Phi) is 8.97. The van der Waals surface area contributed by atoms with Gasteiger partial charge in [-0.05, 0) is 41.8 Å². The molecule has 0 N–H and O–H groups in total. The molecule has 1 aliphatic heterocycles. The molecule has 1 aliphatic rings. The fourth-order valence-corrected chi connectivity index (χ4v) is 3.70. The maximum absolute atomic E-state index is 12.6. The molecule has 0 spiro atoms. The summed E-state index contributed by atoms with van der Waals surface area (Å²) in [4.78, 5) is 14.5. The van der Waals surface area contributed by atoms with Crippen molar-refractivity contribution in [2.45, 2.75) is 33.6 Å². The smallest absolute Gasteiger partial charge is 0.254 e. The topological polar surface area (TPSA) is 48.0 Å². The van der Waals surface area contributed by atoms with Gasteiger partial charge in [0.05, 0.1) is 31.5 Å². The summed E-state index contributed by atoms with van der Waals surface area (Å²) in [5.41, 5.74) is 2.57. The van der Waals surface area contributed by atoms with Gasteiger partial charge in [0.15, 0.2) is 0 Å². The number of rotatable bonds is 10. The van der Waals surface area contributed by atoms with Crippen LogP contribution >= 0.6 is 11.6 Å². The maximum atomic E-state index is 12.6. The van der Waals surface area contributed by atoms with Gasteiger partial charge in [-0.1, -0.05) is 57.0 Å². The van der Waals surface area contributed by atoms with Crippen LogP contribution < -0.4 is 4.74 Å². The van der Waals surface area contributed by atoms with Gasteiger partial charge in [0.25, 0.3) is 5.91 Å². The molecule has 1 heterocycles. The molecule has 0 aromatic heterocycles. The molecule has 0 saturated carbocycles. The number of benzene rings is 2. The van der Waals surface area contributed by atoms with Gasteiger partial charge in [-0.2, -0.15) is 0 Å². The number of amides is 1. The highest BCUT2D eigenvalue weighted by Gasteiger charge is 2.21. The lowest BCUT2D eigenvalue weighted by atomic mass is 9.96. The highest BCUT2D eigenvalue weighted by molar-refractivity contribution is 6.32. The largest absolute Gasteiger partial charge is 0.491 e. The van der Waals surface area contributed by atoms with Crippen LogP contribution in [0.3, 0.4) is 0 Å². The van der Waals surface area contributed by atoms with E-state index < -0.39 is 0 Å². The second-order valence-electron chi connectivity index (χ2n) is 8.99. The summed E-state index contributed by atoms with van der Waals surface area (Å²) < 4.78 is 17.1. The third kappa shape index (κ3) is 6.96. The van der Waals surface area contributed by atoms with E-state index in [1.165, 1.54) is 0 Å². The van der Waals surface area contributed by atoms with E-state index in [2.05, 4.69) is 20.8 Å². The zero-order chi connectivity index (χ0) is 23.0. The van der Waals surface area contributed by atoms with Gasteiger partial charge >= 0.3 is 0 Å². The van der Waals surface area contributed by atoms with Crippen LogP contribution in [-0.4, -0.2) is 56.9 Å². The van der Waals surface area contributed by atoms with Crippen molar-refractivity contribution in [2.75, 3.05) is 46.1 Å². The molecule has 0 unspecified atom stereocenters. The Hall–Kier alpha value is -2.08. The van der Waals surface area contributed by atoms with Crippen molar-refractivity contribution in [2.24, 2.45) is 5.41 Å². The monoisotopic (exact) mass is 459 g/mol. The molecule has 174 valence electrons. The summed E-state index contributed by atoms with van der Waals surface area (Å²) in [5, 5.41) is 0.568. The summed E-state index contributed by atoms with van der Waals surface area (Å²) in [7, 11) is 0. The third-order valence-electron chi connectivity index (χ3n) is 5.45. The number of nitrogens with zero attached hydrogens (tertiary/aromatic N) is 1. The summed E-state index contributed by atoms with van der Waals surface area (Å²) in [6.45, 7) is 10.8. The highest BCUT2D eigenvalue weighted by Crippen LogP contribution is 2.32. The van der Waals surface area contributed by atoms with Crippen LogP contribution in [0, 0.1) is 5.41 Å². The molecule has 6 heteroatoms. The molecule has 1 amide bonds. The molecule has 2 aromatic rings. The first-order valence-corrected chi connectivity index (χ1v) is 11.7. The molecule has 3 rings (SSSR count). The van der Waals surface area contributed by atoms with E-state index in [0.29, 0.717) is 55.9 Å². The second kappa shape index (κ2) is 11.7. The van der Waals surface area contributed by atoms with Crippen LogP contribution in [0.15, 0.2) is 42.5 Å². The molecule has 0 aliphatic carbocycles. The Morgan fingerprint density at radius 2 is 1.75 bits per heavy atom. The van der Waals surface area contributed by atoms with E-state index in [9.17, 15) is 4.79 Å². The minimum atomic E-state index is -0.0986. The van der Waals surface area contributed by atoms with Gasteiger partial charge in [0.2, 0.25) is 0 Å². The molecule has 5 nitrogen and oxygen atoms in total. The van der Waals surface area contributed by atoms with E-state index in [0.717, 1.165) is 30.6 Å². The van der Waals surface area contributed by atoms with Crippen molar-refractivity contribution in [1.29, 1.82) is 0 Å². The zero-order valence-electron chi connectivity index (χ0n) is 19.4. The van der Waals surface area contributed by atoms with E-state index in [1.54, 1.807) is 0 Å². The number of morpholine rings is 1. The van der Waals surface area contributed by atoms with Crippen LogP contribution in [0.4, 0.5) is 0 Å². The maximum Gasteiger partial charge on any atom is 0.254 e. The number of hydrogen-bond acceptors (Lipinski definition) is 4. The Morgan fingerprint density at radius 1 is 1.06 bits per heavy atom. The Bertz CT molecular complexity index is 876. The van der Waals surface area contributed by atoms with E-state index in [1.807, 2.05) is 47.4 Å². The number of ether oxygens (including phenoxy) is 3. The number of carbonyl (C=O) groups is 1. The van der Waals surface area contributed by atoms with Crippen LogP contribution in [0.1, 0.15) is 44.0 Å². The summed E-state index contributed by atoms with van der Waals surface area (Å²) in [6, 6.07) is 13.4.